The highest BCUT2D eigenvalue weighted by Gasteiger charge is 2.14. The zero-order valence-electron chi connectivity index (χ0n) is 10.6. The van der Waals surface area contributed by atoms with Gasteiger partial charge in [-0.25, -0.2) is 0 Å². The second-order valence-electron chi connectivity index (χ2n) is 4.25. The zero-order valence-corrected chi connectivity index (χ0v) is 11.4. The van der Waals surface area contributed by atoms with Crippen LogP contribution in [0.1, 0.15) is 22.8 Å². The molecular weight excluding hydrogens is 242 g/mol. The Morgan fingerprint density at radius 3 is 2.33 bits per heavy atom. The molecule has 2 nitrogen and oxygen atoms in total. The van der Waals surface area contributed by atoms with Crippen molar-refractivity contribution in [3.63, 3.8) is 0 Å². The van der Waals surface area contributed by atoms with Crippen molar-refractivity contribution in [3.8, 4) is 11.1 Å². The van der Waals surface area contributed by atoms with Crippen molar-refractivity contribution in [3.05, 3.63) is 53.6 Å². The van der Waals surface area contributed by atoms with Gasteiger partial charge >= 0.3 is 0 Å². The number of hydrogen-bond donors (Lipinski definition) is 1. The van der Waals surface area contributed by atoms with Gasteiger partial charge in [-0.3, -0.25) is 9.93 Å². The van der Waals surface area contributed by atoms with Crippen LogP contribution in [-0.4, -0.2) is 5.78 Å². The molecule has 0 unspecified atom stereocenters. The lowest BCUT2D eigenvalue weighted by atomic mass is 10.0. The van der Waals surface area contributed by atoms with Crippen LogP contribution in [0.4, 0.5) is 0 Å². The van der Waals surface area contributed by atoms with Gasteiger partial charge in [-0.2, -0.15) is 0 Å². The van der Waals surface area contributed by atoms with Crippen LogP contribution >= 0.6 is 11.9 Å². The van der Waals surface area contributed by atoms with Crippen LogP contribution in [0.15, 0.2) is 47.4 Å². The molecule has 2 aromatic rings. The molecule has 18 heavy (non-hydrogen) atoms. The predicted molar refractivity (Wildman–Crippen MR) is 75.4 cm³/mol. The third-order valence-corrected chi connectivity index (χ3v) is 3.63. The highest BCUT2D eigenvalue weighted by atomic mass is 32.2. The Morgan fingerprint density at radius 2 is 1.78 bits per heavy atom. The van der Waals surface area contributed by atoms with Gasteiger partial charge in [-0.15, -0.1) is 0 Å². The molecule has 92 valence electrons. The largest absolute Gasteiger partial charge is 0.294 e. The Balaban J connectivity index is 2.60. The molecule has 0 saturated carbocycles. The van der Waals surface area contributed by atoms with E-state index in [0.717, 1.165) is 21.6 Å². The number of hydrogen-bond acceptors (Lipinski definition) is 2. The predicted octanol–water partition coefficient (Wildman–Crippen LogP) is 3.11. The molecule has 0 bridgehead atoms. The Morgan fingerprint density at radius 1 is 1.11 bits per heavy atom. The molecule has 0 aliphatic carbocycles. The minimum Gasteiger partial charge on any atom is -0.294 e. The summed E-state index contributed by atoms with van der Waals surface area (Å²) in [5.41, 5.74) is 4.16. The van der Waals surface area contributed by atoms with E-state index < -0.39 is 0 Å². The van der Waals surface area contributed by atoms with Crippen LogP contribution in [0.25, 0.3) is 11.1 Å². The number of aryl methyl sites for hydroxylation is 1. The van der Waals surface area contributed by atoms with E-state index in [1.807, 2.05) is 18.2 Å². The normalized spacial score (nSPS) is 10.4. The lowest BCUT2D eigenvalue weighted by molar-refractivity contribution is -0.137. The van der Waals surface area contributed by atoms with Crippen molar-refractivity contribution >= 4 is 17.7 Å². The van der Waals surface area contributed by atoms with Crippen molar-refractivity contribution in [2.24, 2.45) is 0 Å². The summed E-state index contributed by atoms with van der Waals surface area (Å²) in [6, 6.07) is 14.1. The molecule has 0 radical (unpaired) electrons. The summed E-state index contributed by atoms with van der Waals surface area (Å²) < 4.78 is 0. The third-order valence-electron chi connectivity index (χ3n) is 2.90. The highest BCUT2D eigenvalue weighted by Crippen LogP contribution is 2.31. The lowest BCUT2D eigenvalue weighted by Gasteiger charge is -2.09. The molecule has 0 amide bonds. The fourth-order valence-corrected chi connectivity index (χ4v) is 2.64. The molecular formula is C15H16NOS+. The van der Waals surface area contributed by atoms with Crippen LogP contribution in [0.2, 0.25) is 0 Å². The van der Waals surface area contributed by atoms with Crippen molar-refractivity contribution in [1.29, 1.82) is 0 Å². The number of rotatable bonds is 3. The van der Waals surface area contributed by atoms with Crippen molar-refractivity contribution < 1.29 is 9.93 Å². The topological polar surface area (TPSA) is 44.7 Å². The summed E-state index contributed by atoms with van der Waals surface area (Å²) in [4.78, 5) is 12.6. The fourth-order valence-electron chi connectivity index (χ4n) is 1.93. The monoisotopic (exact) mass is 258 g/mol. The van der Waals surface area contributed by atoms with Gasteiger partial charge in [0.15, 0.2) is 5.78 Å². The van der Waals surface area contributed by atoms with Gasteiger partial charge in [0.2, 0.25) is 0 Å². The molecule has 0 heterocycles. The standard InChI is InChI=1S/C15H15NOS/c1-10-6-8-12(9-7-10)14-5-3-4-13(11(2)17)15(14)18-16/h3-9H,16H2,1-2H3/p+1. The quantitative estimate of drug-likeness (QED) is 0.679. The zero-order chi connectivity index (χ0) is 13.1. The Labute approximate surface area is 111 Å². The molecule has 3 heteroatoms. The first-order valence-corrected chi connectivity index (χ1v) is 6.75. The van der Waals surface area contributed by atoms with Gasteiger partial charge in [0.1, 0.15) is 11.9 Å². The highest BCUT2D eigenvalue weighted by molar-refractivity contribution is 7.92. The van der Waals surface area contributed by atoms with E-state index in [1.165, 1.54) is 17.5 Å². The molecule has 3 N–H and O–H groups in total. The average molecular weight is 258 g/mol. The molecule has 2 rings (SSSR count). The first-order valence-electron chi connectivity index (χ1n) is 5.76. The number of ketones is 1. The maximum Gasteiger partial charge on any atom is 0.161 e. The van der Waals surface area contributed by atoms with Gasteiger partial charge in [0, 0.05) is 11.1 Å². The molecule has 0 aromatic heterocycles. The summed E-state index contributed by atoms with van der Waals surface area (Å²) in [5.74, 6) is 0.0788. The SMILES string of the molecule is CC(=O)c1cccc(-c2ccc(C)cc2)c1S[NH3+]. The molecule has 0 fully saturated rings. The first-order chi connectivity index (χ1) is 8.63. The van der Waals surface area contributed by atoms with Crippen molar-refractivity contribution in [2.75, 3.05) is 0 Å². The van der Waals surface area contributed by atoms with E-state index >= 15 is 0 Å². The first kappa shape index (κ1) is 12.9. The molecule has 2 aromatic carbocycles. The molecule has 0 saturated heterocycles. The van der Waals surface area contributed by atoms with Crippen molar-refractivity contribution in [2.45, 2.75) is 18.7 Å². The van der Waals surface area contributed by atoms with Gasteiger partial charge in [0.05, 0.1) is 4.90 Å². The minimum absolute atomic E-state index is 0.0788. The third kappa shape index (κ3) is 2.47. The lowest BCUT2D eigenvalue weighted by Crippen LogP contribution is -2.36. The Bertz CT molecular complexity index is 576. The summed E-state index contributed by atoms with van der Waals surface area (Å²) in [6.07, 6.45) is 0. The summed E-state index contributed by atoms with van der Waals surface area (Å²) in [7, 11) is 0. The second-order valence-corrected chi connectivity index (χ2v) is 4.95. The fraction of sp³-hybridized carbons (Fsp3) is 0.133. The van der Waals surface area contributed by atoms with Gasteiger partial charge in [-0.05, 0) is 19.4 Å². The average Bonchev–Trinajstić information content (AvgIpc) is 2.38. The number of Topliss-reactive ketones (excluding diaryl/α,β-unsaturated/α-hetero) is 1. The number of carbonyl (C=O) groups excluding carboxylic acids is 1. The molecule has 0 atom stereocenters. The maximum atomic E-state index is 11.6. The summed E-state index contributed by atoms with van der Waals surface area (Å²) >= 11 is 1.38. The van der Waals surface area contributed by atoms with Crippen LogP contribution < -0.4 is 5.14 Å². The van der Waals surface area contributed by atoms with E-state index in [-0.39, 0.29) is 5.78 Å². The van der Waals surface area contributed by atoms with Gasteiger partial charge in [-0.1, -0.05) is 48.0 Å². The number of carbonyl (C=O) groups is 1. The second kappa shape index (κ2) is 5.38. The number of benzene rings is 2. The Kier molecular flexibility index (Phi) is 3.84. The van der Waals surface area contributed by atoms with E-state index in [0.29, 0.717) is 0 Å². The van der Waals surface area contributed by atoms with Gasteiger partial charge < -0.3 is 0 Å². The van der Waals surface area contributed by atoms with E-state index in [1.54, 1.807) is 6.92 Å². The summed E-state index contributed by atoms with van der Waals surface area (Å²) in [5, 5.41) is 3.87. The number of quaternary nitrogens is 1. The van der Waals surface area contributed by atoms with E-state index in [2.05, 4.69) is 36.3 Å². The molecule has 0 spiro atoms. The van der Waals surface area contributed by atoms with Crippen LogP contribution in [0.5, 0.6) is 0 Å². The van der Waals surface area contributed by atoms with Crippen molar-refractivity contribution in [1.82, 2.24) is 0 Å². The van der Waals surface area contributed by atoms with E-state index in [9.17, 15) is 4.79 Å². The van der Waals surface area contributed by atoms with Gasteiger partial charge in [0.25, 0.3) is 0 Å². The molecule has 0 aliphatic rings. The minimum atomic E-state index is 0.0788. The van der Waals surface area contributed by atoms with Crippen LogP contribution in [-0.2, 0) is 0 Å². The molecule has 0 aliphatic heterocycles. The Hall–Kier alpha value is -1.58. The smallest absolute Gasteiger partial charge is 0.161 e. The van der Waals surface area contributed by atoms with Crippen LogP contribution in [0.3, 0.4) is 0 Å². The van der Waals surface area contributed by atoms with E-state index in [4.69, 9.17) is 0 Å². The summed E-state index contributed by atoms with van der Waals surface area (Å²) in [6.45, 7) is 3.65. The maximum absolute atomic E-state index is 11.6. The van der Waals surface area contributed by atoms with Crippen LogP contribution in [0, 0.1) is 6.92 Å².